The lowest BCUT2D eigenvalue weighted by atomic mass is 10.3. The van der Waals surface area contributed by atoms with E-state index in [1.54, 1.807) is 6.20 Å². The van der Waals surface area contributed by atoms with Gasteiger partial charge in [0, 0.05) is 0 Å². The van der Waals surface area contributed by atoms with Gasteiger partial charge in [-0.3, -0.25) is 4.79 Å². The van der Waals surface area contributed by atoms with E-state index in [4.69, 9.17) is 4.74 Å². The van der Waals surface area contributed by atoms with Crippen LogP contribution in [0.4, 0.5) is 5.69 Å². The number of aromatic nitrogens is 1. The molecular weight excluding hydrogens is 272 g/mol. The Balaban J connectivity index is 2.53. The summed E-state index contributed by atoms with van der Waals surface area (Å²) in [5.41, 5.74) is 1.65. The highest BCUT2D eigenvalue weighted by Crippen LogP contribution is 2.16. The van der Waals surface area contributed by atoms with Crippen molar-refractivity contribution < 1.29 is 9.53 Å². The minimum Gasteiger partial charge on any atom is -0.369 e. The Morgan fingerprint density at radius 3 is 2.88 bits per heavy atom. The molecule has 1 heterocycles. The topological polar surface area (TPSA) is 51.2 Å². The number of rotatable bonds is 4. The lowest BCUT2D eigenvalue weighted by Gasteiger charge is -2.08. The molecule has 0 aliphatic carbocycles. The summed E-state index contributed by atoms with van der Waals surface area (Å²) in [5.74, 6) is -0.169. The third-order valence-corrected chi connectivity index (χ3v) is 2.68. The van der Waals surface area contributed by atoms with Gasteiger partial charge in [-0.15, -0.1) is 0 Å². The number of aryl methyl sites for hydroxylation is 1. The molecule has 0 atom stereocenters. The fourth-order valence-electron chi connectivity index (χ4n) is 1.07. The molecule has 0 aliphatic rings. The number of carbonyl (C=O) groups is 1. The lowest BCUT2D eigenvalue weighted by Crippen LogP contribution is -2.20. The predicted octanol–water partition coefficient (Wildman–Crippen LogP) is 2.52. The van der Waals surface area contributed by atoms with Crippen LogP contribution in [0.25, 0.3) is 0 Å². The van der Waals surface area contributed by atoms with E-state index >= 15 is 0 Å². The van der Waals surface area contributed by atoms with Crippen LogP contribution in [0.3, 0.4) is 0 Å². The van der Waals surface area contributed by atoms with Gasteiger partial charge in [0.15, 0.2) is 0 Å². The summed E-state index contributed by atoms with van der Waals surface area (Å²) in [6.45, 7) is 5.75. The molecule has 88 valence electrons. The summed E-state index contributed by atoms with van der Waals surface area (Å²) in [6, 6.07) is 1.85. The molecule has 0 unspecified atom stereocenters. The van der Waals surface area contributed by atoms with E-state index < -0.39 is 0 Å². The van der Waals surface area contributed by atoms with Crippen LogP contribution in [0.5, 0.6) is 0 Å². The Hall–Kier alpha value is -0.940. The smallest absolute Gasteiger partial charge is 0.250 e. The van der Waals surface area contributed by atoms with Gasteiger partial charge in [0.2, 0.25) is 5.91 Å². The van der Waals surface area contributed by atoms with Crippen LogP contribution in [0.15, 0.2) is 16.9 Å². The van der Waals surface area contributed by atoms with Crippen molar-refractivity contribution in [2.75, 3.05) is 11.9 Å². The fourth-order valence-corrected chi connectivity index (χ4v) is 1.28. The molecule has 1 amide bonds. The van der Waals surface area contributed by atoms with E-state index in [2.05, 4.69) is 26.2 Å². The van der Waals surface area contributed by atoms with Gasteiger partial charge in [-0.25, -0.2) is 4.98 Å². The Morgan fingerprint density at radius 1 is 1.62 bits per heavy atom. The zero-order valence-corrected chi connectivity index (χ0v) is 11.2. The van der Waals surface area contributed by atoms with Crippen LogP contribution in [-0.4, -0.2) is 23.6 Å². The Morgan fingerprint density at radius 2 is 2.31 bits per heavy atom. The maximum Gasteiger partial charge on any atom is 0.250 e. The zero-order chi connectivity index (χ0) is 12.1. The van der Waals surface area contributed by atoms with Gasteiger partial charge in [-0.2, -0.15) is 0 Å². The van der Waals surface area contributed by atoms with Crippen LogP contribution in [0.2, 0.25) is 0 Å². The molecule has 1 aromatic rings. The average molecular weight is 287 g/mol. The molecule has 0 radical (unpaired) electrons. The van der Waals surface area contributed by atoms with E-state index in [0.29, 0.717) is 5.69 Å². The van der Waals surface area contributed by atoms with Crippen molar-refractivity contribution >= 4 is 27.5 Å². The summed E-state index contributed by atoms with van der Waals surface area (Å²) in [6.07, 6.45) is 1.65. The SMILES string of the molecule is Cc1cc(NC(=O)COC(C)C)cnc1Br. The Labute approximate surface area is 104 Å². The number of ether oxygens (including phenoxy) is 1. The van der Waals surface area contributed by atoms with Crippen molar-refractivity contribution in [3.8, 4) is 0 Å². The molecule has 4 nitrogen and oxygen atoms in total. The number of carbonyl (C=O) groups excluding carboxylic acids is 1. The lowest BCUT2D eigenvalue weighted by molar-refractivity contribution is -0.121. The van der Waals surface area contributed by atoms with Crippen molar-refractivity contribution in [1.29, 1.82) is 0 Å². The first-order valence-corrected chi connectivity index (χ1v) is 5.82. The number of hydrogen-bond donors (Lipinski definition) is 1. The van der Waals surface area contributed by atoms with E-state index in [1.165, 1.54) is 0 Å². The van der Waals surface area contributed by atoms with Gasteiger partial charge in [0.1, 0.15) is 11.2 Å². The van der Waals surface area contributed by atoms with Crippen molar-refractivity contribution in [2.24, 2.45) is 0 Å². The molecule has 0 saturated heterocycles. The monoisotopic (exact) mass is 286 g/mol. The van der Waals surface area contributed by atoms with Gasteiger partial charge in [-0.1, -0.05) is 0 Å². The molecule has 5 heteroatoms. The molecular formula is C11H15BrN2O2. The van der Waals surface area contributed by atoms with Gasteiger partial charge in [0.05, 0.1) is 18.0 Å². The Kier molecular flexibility index (Phi) is 4.89. The van der Waals surface area contributed by atoms with Crippen LogP contribution >= 0.6 is 15.9 Å². The molecule has 0 bridgehead atoms. The molecule has 0 aliphatic heterocycles. The van der Waals surface area contributed by atoms with E-state index in [9.17, 15) is 4.79 Å². The first-order chi connectivity index (χ1) is 7.49. The van der Waals surface area contributed by atoms with Gasteiger partial charge < -0.3 is 10.1 Å². The van der Waals surface area contributed by atoms with E-state index in [-0.39, 0.29) is 18.6 Å². The minimum atomic E-state index is -0.169. The van der Waals surface area contributed by atoms with Gasteiger partial charge in [0.25, 0.3) is 0 Å². The summed E-state index contributed by atoms with van der Waals surface area (Å²) >= 11 is 3.30. The standard InChI is InChI=1S/C11H15BrN2O2/c1-7(2)16-6-10(15)14-9-4-8(3)11(12)13-5-9/h4-5,7H,6H2,1-3H3,(H,14,15). The van der Waals surface area contributed by atoms with Crippen LogP contribution in [0, 0.1) is 6.92 Å². The van der Waals surface area contributed by atoms with Crippen LogP contribution in [-0.2, 0) is 9.53 Å². The van der Waals surface area contributed by atoms with E-state index in [1.807, 2.05) is 26.8 Å². The number of nitrogens with one attached hydrogen (secondary N) is 1. The van der Waals surface area contributed by atoms with Gasteiger partial charge >= 0.3 is 0 Å². The quantitative estimate of drug-likeness (QED) is 0.866. The van der Waals surface area contributed by atoms with Crippen LogP contribution in [0.1, 0.15) is 19.4 Å². The highest BCUT2D eigenvalue weighted by atomic mass is 79.9. The summed E-state index contributed by atoms with van der Waals surface area (Å²) in [7, 11) is 0. The third-order valence-electron chi connectivity index (χ3n) is 1.85. The molecule has 1 N–H and O–H groups in total. The third kappa shape index (κ3) is 4.28. The molecule has 0 spiro atoms. The maximum atomic E-state index is 11.4. The fraction of sp³-hybridized carbons (Fsp3) is 0.455. The summed E-state index contributed by atoms with van der Waals surface area (Å²) in [5, 5.41) is 2.72. The second kappa shape index (κ2) is 5.96. The van der Waals surface area contributed by atoms with Crippen molar-refractivity contribution in [3.63, 3.8) is 0 Å². The highest BCUT2D eigenvalue weighted by molar-refractivity contribution is 9.10. The second-order valence-corrected chi connectivity index (χ2v) is 4.49. The van der Waals surface area contributed by atoms with Crippen molar-refractivity contribution in [2.45, 2.75) is 26.9 Å². The molecule has 16 heavy (non-hydrogen) atoms. The molecule has 0 aromatic carbocycles. The molecule has 1 aromatic heterocycles. The largest absolute Gasteiger partial charge is 0.369 e. The predicted molar refractivity (Wildman–Crippen MR) is 66.4 cm³/mol. The second-order valence-electron chi connectivity index (χ2n) is 3.74. The zero-order valence-electron chi connectivity index (χ0n) is 9.58. The van der Waals surface area contributed by atoms with Crippen LogP contribution < -0.4 is 5.32 Å². The molecule has 1 rings (SSSR count). The van der Waals surface area contributed by atoms with Crippen molar-refractivity contribution in [1.82, 2.24) is 4.98 Å². The average Bonchev–Trinajstić information content (AvgIpc) is 2.21. The highest BCUT2D eigenvalue weighted by Gasteiger charge is 2.05. The van der Waals surface area contributed by atoms with Crippen molar-refractivity contribution in [3.05, 3.63) is 22.4 Å². The van der Waals surface area contributed by atoms with E-state index in [0.717, 1.165) is 10.2 Å². The molecule has 0 saturated carbocycles. The number of nitrogens with zero attached hydrogens (tertiary/aromatic N) is 1. The Bertz CT molecular complexity index is 380. The first-order valence-electron chi connectivity index (χ1n) is 5.02. The molecule has 0 fully saturated rings. The first kappa shape index (κ1) is 13.1. The number of anilines is 1. The minimum absolute atomic E-state index is 0.0514. The number of hydrogen-bond acceptors (Lipinski definition) is 3. The number of amides is 1. The normalized spacial score (nSPS) is 10.6. The number of pyridine rings is 1. The van der Waals surface area contributed by atoms with Gasteiger partial charge in [-0.05, 0) is 48.3 Å². The maximum absolute atomic E-state index is 11.4. The summed E-state index contributed by atoms with van der Waals surface area (Å²) in [4.78, 5) is 15.5. The number of halogens is 1. The summed E-state index contributed by atoms with van der Waals surface area (Å²) < 4.78 is 5.97.